The lowest BCUT2D eigenvalue weighted by molar-refractivity contribution is 0.0730. The highest BCUT2D eigenvalue weighted by atomic mass is 35.5. The van der Waals surface area contributed by atoms with Gasteiger partial charge in [0.05, 0.1) is 17.7 Å². The minimum atomic E-state index is -0.530. The molecule has 4 rings (SSSR count). The monoisotopic (exact) mass is 414 g/mol. The number of ether oxygens (including phenoxy) is 2. The zero-order valence-electron chi connectivity index (χ0n) is 16.3. The van der Waals surface area contributed by atoms with Gasteiger partial charge in [0.1, 0.15) is 0 Å². The van der Waals surface area contributed by atoms with Crippen LogP contribution in [-0.2, 0) is 0 Å². The number of rotatable bonds is 5. The number of hydrogen-bond donors (Lipinski definition) is 0. The van der Waals surface area contributed by atoms with E-state index in [0.29, 0.717) is 22.1 Å². The number of halogens is 1. The van der Waals surface area contributed by atoms with Gasteiger partial charge in [-0.15, -0.1) is 0 Å². The van der Waals surface area contributed by atoms with Gasteiger partial charge in [-0.1, -0.05) is 84.4 Å². The van der Waals surface area contributed by atoms with Gasteiger partial charge in [-0.05, 0) is 46.2 Å². The Labute approximate surface area is 180 Å². The van der Waals surface area contributed by atoms with Crippen LogP contribution in [0.25, 0.3) is 22.9 Å². The summed E-state index contributed by atoms with van der Waals surface area (Å²) in [6, 6.07) is 26.7. The molecular formula is C26H19ClO3. The second-order valence-electron chi connectivity index (χ2n) is 6.68. The Morgan fingerprint density at radius 2 is 1.60 bits per heavy atom. The van der Waals surface area contributed by atoms with Crippen molar-refractivity contribution in [3.05, 3.63) is 107 Å². The van der Waals surface area contributed by atoms with Gasteiger partial charge < -0.3 is 9.47 Å². The Morgan fingerprint density at radius 1 is 0.833 bits per heavy atom. The molecule has 0 spiro atoms. The van der Waals surface area contributed by atoms with E-state index in [2.05, 4.69) is 30.3 Å². The lowest BCUT2D eigenvalue weighted by Gasteiger charge is -2.10. The van der Waals surface area contributed by atoms with Gasteiger partial charge in [0.15, 0.2) is 11.5 Å². The predicted molar refractivity (Wildman–Crippen MR) is 122 cm³/mol. The third-order valence-electron chi connectivity index (χ3n) is 4.76. The Bertz CT molecular complexity index is 1240. The smallest absolute Gasteiger partial charge is 0.345 e. The lowest BCUT2D eigenvalue weighted by atomic mass is 10.0. The number of benzene rings is 4. The van der Waals surface area contributed by atoms with E-state index in [4.69, 9.17) is 21.1 Å². The number of carbonyl (C=O) groups excluding carboxylic acids is 1. The van der Waals surface area contributed by atoms with Gasteiger partial charge in [-0.3, -0.25) is 0 Å². The molecule has 0 unspecified atom stereocenters. The zero-order valence-corrected chi connectivity index (χ0v) is 17.1. The van der Waals surface area contributed by atoms with Crippen LogP contribution in [0.1, 0.15) is 21.5 Å². The molecule has 30 heavy (non-hydrogen) atoms. The average Bonchev–Trinajstić information content (AvgIpc) is 2.78. The van der Waals surface area contributed by atoms with Gasteiger partial charge >= 0.3 is 5.97 Å². The van der Waals surface area contributed by atoms with Crippen molar-refractivity contribution >= 4 is 40.5 Å². The molecule has 4 aromatic carbocycles. The summed E-state index contributed by atoms with van der Waals surface area (Å²) < 4.78 is 10.9. The highest BCUT2D eigenvalue weighted by Gasteiger charge is 2.15. The molecule has 0 aliphatic heterocycles. The third kappa shape index (κ3) is 4.22. The van der Waals surface area contributed by atoms with E-state index in [0.717, 1.165) is 11.1 Å². The summed E-state index contributed by atoms with van der Waals surface area (Å²) in [6.45, 7) is 0. The quantitative estimate of drug-likeness (QED) is 0.202. The summed E-state index contributed by atoms with van der Waals surface area (Å²) >= 11 is 6.08. The fourth-order valence-corrected chi connectivity index (χ4v) is 3.45. The molecule has 0 saturated heterocycles. The van der Waals surface area contributed by atoms with E-state index in [1.165, 1.54) is 10.8 Å². The van der Waals surface area contributed by atoms with Crippen molar-refractivity contribution in [2.24, 2.45) is 0 Å². The molecule has 0 aromatic heterocycles. The molecule has 0 heterocycles. The first-order valence-electron chi connectivity index (χ1n) is 9.46. The molecule has 0 fully saturated rings. The molecule has 0 aliphatic carbocycles. The van der Waals surface area contributed by atoms with E-state index in [1.54, 1.807) is 37.4 Å². The first-order valence-corrected chi connectivity index (χ1v) is 9.84. The van der Waals surface area contributed by atoms with E-state index in [1.807, 2.05) is 36.4 Å². The molecule has 148 valence electrons. The molecule has 0 atom stereocenters. The molecule has 0 radical (unpaired) electrons. The van der Waals surface area contributed by atoms with Crippen molar-refractivity contribution in [3.8, 4) is 11.5 Å². The molecule has 4 aromatic rings. The van der Waals surface area contributed by atoms with Crippen LogP contribution in [0.3, 0.4) is 0 Å². The van der Waals surface area contributed by atoms with Gasteiger partial charge in [-0.2, -0.15) is 0 Å². The van der Waals surface area contributed by atoms with Crippen molar-refractivity contribution in [3.63, 3.8) is 0 Å². The maximum Gasteiger partial charge on any atom is 0.345 e. The topological polar surface area (TPSA) is 35.5 Å². The van der Waals surface area contributed by atoms with Crippen LogP contribution < -0.4 is 9.47 Å². The first kappa shape index (κ1) is 19.7. The maximum atomic E-state index is 12.4. The standard InChI is InChI=1S/C26H19ClO3/c1-29-25-17-18(13-15-20-9-6-8-19-7-2-3-10-21(19)20)14-16-24(25)30-26(28)22-11-4-5-12-23(22)27/h2-17H,1H3/b15-13+. The van der Waals surface area contributed by atoms with Crippen LogP contribution >= 0.6 is 11.6 Å². The van der Waals surface area contributed by atoms with Crippen molar-refractivity contribution in [1.29, 1.82) is 0 Å². The number of methoxy groups -OCH3 is 1. The van der Waals surface area contributed by atoms with Crippen LogP contribution in [0.15, 0.2) is 84.9 Å². The van der Waals surface area contributed by atoms with Gasteiger partial charge in [0, 0.05) is 0 Å². The van der Waals surface area contributed by atoms with Crippen LogP contribution in [0.2, 0.25) is 5.02 Å². The lowest BCUT2D eigenvalue weighted by Crippen LogP contribution is -2.09. The van der Waals surface area contributed by atoms with Crippen molar-refractivity contribution in [1.82, 2.24) is 0 Å². The van der Waals surface area contributed by atoms with Crippen molar-refractivity contribution in [2.75, 3.05) is 7.11 Å². The fourth-order valence-electron chi connectivity index (χ4n) is 3.24. The Morgan fingerprint density at radius 3 is 2.43 bits per heavy atom. The number of carbonyl (C=O) groups is 1. The van der Waals surface area contributed by atoms with Gasteiger partial charge in [-0.25, -0.2) is 4.79 Å². The minimum absolute atomic E-state index is 0.307. The van der Waals surface area contributed by atoms with Gasteiger partial charge in [0.25, 0.3) is 0 Å². The summed E-state index contributed by atoms with van der Waals surface area (Å²) in [4.78, 5) is 12.4. The molecule has 0 bridgehead atoms. The minimum Gasteiger partial charge on any atom is -0.493 e. The summed E-state index contributed by atoms with van der Waals surface area (Å²) in [6.07, 6.45) is 4.07. The Hall–Kier alpha value is -3.56. The number of hydrogen-bond acceptors (Lipinski definition) is 3. The van der Waals surface area contributed by atoms with E-state index >= 15 is 0 Å². The average molecular weight is 415 g/mol. The summed E-state index contributed by atoms with van der Waals surface area (Å²) in [5.74, 6) is 0.276. The number of esters is 1. The molecule has 0 amide bonds. The largest absolute Gasteiger partial charge is 0.493 e. The Kier molecular flexibility index (Phi) is 5.82. The van der Waals surface area contributed by atoms with E-state index < -0.39 is 5.97 Å². The summed E-state index contributed by atoms with van der Waals surface area (Å²) in [5.41, 5.74) is 2.36. The highest BCUT2D eigenvalue weighted by molar-refractivity contribution is 6.33. The third-order valence-corrected chi connectivity index (χ3v) is 5.09. The van der Waals surface area contributed by atoms with Crippen LogP contribution in [0, 0.1) is 0 Å². The first-order chi connectivity index (χ1) is 14.7. The molecule has 0 saturated carbocycles. The second-order valence-corrected chi connectivity index (χ2v) is 7.09. The predicted octanol–water partition coefficient (Wildman–Crippen LogP) is 6.89. The van der Waals surface area contributed by atoms with Crippen LogP contribution in [0.5, 0.6) is 11.5 Å². The van der Waals surface area contributed by atoms with E-state index in [9.17, 15) is 4.79 Å². The normalized spacial score (nSPS) is 11.0. The summed E-state index contributed by atoms with van der Waals surface area (Å²) in [7, 11) is 1.54. The molecule has 4 heteroatoms. The zero-order chi connectivity index (χ0) is 20.9. The number of fused-ring (bicyclic) bond motifs is 1. The molecular weight excluding hydrogens is 396 g/mol. The van der Waals surface area contributed by atoms with Crippen molar-refractivity contribution < 1.29 is 14.3 Å². The van der Waals surface area contributed by atoms with Crippen molar-refractivity contribution in [2.45, 2.75) is 0 Å². The Balaban J connectivity index is 1.58. The van der Waals surface area contributed by atoms with Gasteiger partial charge in [0.2, 0.25) is 0 Å². The second kappa shape index (κ2) is 8.85. The fraction of sp³-hybridized carbons (Fsp3) is 0.0385. The maximum absolute atomic E-state index is 12.4. The molecule has 0 N–H and O–H groups in total. The highest BCUT2D eigenvalue weighted by Crippen LogP contribution is 2.30. The van der Waals surface area contributed by atoms with Crippen LogP contribution in [0.4, 0.5) is 0 Å². The molecule has 3 nitrogen and oxygen atoms in total. The SMILES string of the molecule is COc1cc(/C=C/c2cccc3ccccc23)ccc1OC(=O)c1ccccc1Cl. The summed E-state index contributed by atoms with van der Waals surface area (Å²) in [5, 5.41) is 2.73. The van der Waals surface area contributed by atoms with E-state index in [-0.39, 0.29) is 0 Å². The molecule has 0 aliphatic rings. The van der Waals surface area contributed by atoms with Crippen LogP contribution in [-0.4, -0.2) is 13.1 Å².